The number of ether oxygens (including phenoxy) is 1. The van der Waals surface area contributed by atoms with E-state index in [0.29, 0.717) is 17.9 Å². The van der Waals surface area contributed by atoms with Gasteiger partial charge < -0.3 is 14.5 Å². The molecule has 2 aromatic carbocycles. The van der Waals surface area contributed by atoms with Crippen molar-refractivity contribution in [1.29, 1.82) is 0 Å². The molecule has 0 saturated heterocycles. The lowest BCUT2D eigenvalue weighted by molar-refractivity contribution is -0.116. The van der Waals surface area contributed by atoms with Crippen LogP contribution in [0.3, 0.4) is 0 Å². The van der Waals surface area contributed by atoms with Crippen molar-refractivity contribution in [2.24, 2.45) is 0 Å². The van der Waals surface area contributed by atoms with E-state index in [4.69, 9.17) is 9.15 Å². The van der Waals surface area contributed by atoms with Crippen molar-refractivity contribution in [3.8, 4) is 16.9 Å². The van der Waals surface area contributed by atoms with Crippen molar-refractivity contribution in [2.75, 3.05) is 7.11 Å². The van der Waals surface area contributed by atoms with Gasteiger partial charge in [-0.05, 0) is 54.6 Å². The molecule has 2 heterocycles. The Balaban J connectivity index is 1.72. The molecule has 6 heteroatoms. The summed E-state index contributed by atoms with van der Waals surface area (Å²) in [6.07, 6.45) is 3.25. The van der Waals surface area contributed by atoms with Gasteiger partial charge in [0.15, 0.2) is 0 Å². The Kier molecular flexibility index (Phi) is 5.91. The van der Waals surface area contributed by atoms with Gasteiger partial charge in [0.1, 0.15) is 17.1 Å². The minimum Gasteiger partial charge on any atom is -0.496 e. The number of thiophene rings is 1. The number of nitrogens with one attached hydrogen (secondary N) is 1. The molecular weight excluding hydrogens is 413 g/mol. The Morgan fingerprint density at radius 1 is 1.26 bits per heavy atom. The van der Waals surface area contributed by atoms with Gasteiger partial charge in [-0.1, -0.05) is 18.2 Å². The van der Waals surface area contributed by atoms with Crippen LogP contribution in [-0.4, -0.2) is 13.0 Å². The zero-order chi connectivity index (χ0) is 22.0. The number of methoxy groups -OCH3 is 1. The van der Waals surface area contributed by atoms with Gasteiger partial charge in [-0.15, -0.1) is 11.3 Å². The first kappa shape index (κ1) is 20.9. The predicted octanol–water partition coefficient (Wildman–Crippen LogP) is 6.34. The van der Waals surface area contributed by atoms with E-state index >= 15 is 0 Å². The molecule has 4 nitrogen and oxygen atoms in total. The van der Waals surface area contributed by atoms with Gasteiger partial charge in [-0.25, -0.2) is 4.39 Å². The topological polar surface area (TPSA) is 51.5 Å². The van der Waals surface area contributed by atoms with Crippen LogP contribution < -0.4 is 10.1 Å². The lowest BCUT2D eigenvalue weighted by atomic mass is 9.96. The quantitative estimate of drug-likeness (QED) is 0.360. The third-order valence-corrected chi connectivity index (χ3v) is 6.07. The van der Waals surface area contributed by atoms with Crippen molar-refractivity contribution < 1.29 is 18.3 Å². The monoisotopic (exact) mass is 435 g/mol. The van der Waals surface area contributed by atoms with E-state index in [2.05, 4.69) is 5.32 Å². The number of amides is 1. The molecule has 0 saturated carbocycles. The highest BCUT2D eigenvalue weighted by Gasteiger charge is 2.18. The van der Waals surface area contributed by atoms with Crippen LogP contribution in [0.2, 0.25) is 0 Å². The summed E-state index contributed by atoms with van der Waals surface area (Å²) in [5.74, 6) is 0.200. The predicted molar refractivity (Wildman–Crippen MR) is 123 cm³/mol. The van der Waals surface area contributed by atoms with Gasteiger partial charge in [0.2, 0.25) is 5.91 Å². The standard InChI is InChI=1S/C25H22FNO3S/c1-15(11-23(28)27-13-19-5-4-10-31-19)20-12-21-22(17-6-8-18(26)9-7-17)14-30-25(21)16(2)24(20)29-3/h4-12,14H,13H2,1-3H3,(H,27,28)/b15-11+. The highest BCUT2D eigenvalue weighted by atomic mass is 32.1. The molecule has 4 aromatic rings. The van der Waals surface area contributed by atoms with Gasteiger partial charge in [-0.2, -0.15) is 0 Å². The highest BCUT2D eigenvalue weighted by molar-refractivity contribution is 7.09. The van der Waals surface area contributed by atoms with Gasteiger partial charge in [0.25, 0.3) is 0 Å². The highest BCUT2D eigenvalue weighted by Crippen LogP contribution is 2.40. The Morgan fingerprint density at radius 2 is 2.03 bits per heavy atom. The number of halogens is 1. The largest absolute Gasteiger partial charge is 0.496 e. The molecule has 4 rings (SSSR count). The lowest BCUT2D eigenvalue weighted by Gasteiger charge is -2.13. The van der Waals surface area contributed by atoms with Crippen LogP contribution in [0.15, 0.2) is 64.6 Å². The van der Waals surface area contributed by atoms with Gasteiger partial charge in [-0.3, -0.25) is 4.79 Å². The first-order valence-electron chi connectivity index (χ1n) is 9.81. The molecule has 0 spiro atoms. The molecule has 0 aliphatic heterocycles. The fourth-order valence-electron chi connectivity index (χ4n) is 3.64. The van der Waals surface area contributed by atoms with Crippen LogP contribution in [-0.2, 0) is 11.3 Å². The number of rotatable bonds is 6. The Bertz CT molecular complexity index is 1250. The van der Waals surface area contributed by atoms with Gasteiger partial charge in [0, 0.05) is 33.0 Å². The van der Waals surface area contributed by atoms with E-state index in [0.717, 1.165) is 38.1 Å². The summed E-state index contributed by atoms with van der Waals surface area (Å²) >= 11 is 1.60. The summed E-state index contributed by atoms with van der Waals surface area (Å²) in [5.41, 5.74) is 4.84. The van der Waals surface area contributed by atoms with Crippen LogP contribution in [0, 0.1) is 12.7 Å². The molecule has 0 unspecified atom stereocenters. The first-order valence-corrected chi connectivity index (χ1v) is 10.7. The maximum atomic E-state index is 13.4. The van der Waals surface area contributed by atoms with Crippen molar-refractivity contribution >= 4 is 33.8 Å². The minimum atomic E-state index is -0.289. The third-order valence-electron chi connectivity index (χ3n) is 5.19. The number of allylic oxidation sites excluding steroid dienone is 1. The Labute approximate surface area is 184 Å². The average Bonchev–Trinajstić information content (AvgIpc) is 3.43. The second kappa shape index (κ2) is 8.78. The Hall–Kier alpha value is -3.38. The van der Waals surface area contributed by atoms with Gasteiger partial charge >= 0.3 is 0 Å². The number of carbonyl (C=O) groups excluding carboxylic acids is 1. The van der Waals surface area contributed by atoms with Crippen molar-refractivity contribution in [3.05, 3.63) is 82.0 Å². The van der Waals surface area contributed by atoms with E-state index in [-0.39, 0.29) is 11.7 Å². The van der Waals surface area contributed by atoms with Crippen LogP contribution in [0.1, 0.15) is 22.9 Å². The molecule has 0 aliphatic rings. The minimum absolute atomic E-state index is 0.170. The molecule has 0 radical (unpaired) electrons. The molecule has 31 heavy (non-hydrogen) atoms. The smallest absolute Gasteiger partial charge is 0.244 e. The fourth-order valence-corrected chi connectivity index (χ4v) is 4.28. The van der Waals surface area contributed by atoms with Crippen LogP contribution in [0.4, 0.5) is 4.39 Å². The number of benzene rings is 2. The number of carbonyl (C=O) groups is 1. The molecule has 158 valence electrons. The van der Waals surface area contributed by atoms with E-state index in [1.807, 2.05) is 37.4 Å². The first-order chi connectivity index (χ1) is 15.0. The number of furan rings is 1. The maximum Gasteiger partial charge on any atom is 0.244 e. The van der Waals surface area contributed by atoms with E-state index in [9.17, 15) is 9.18 Å². The van der Waals surface area contributed by atoms with Crippen LogP contribution in [0.25, 0.3) is 27.7 Å². The second-order valence-electron chi connectivity index (χ2n) is 7.24. The second-order valence-corrected chi connectivity index (χ2v) is 8.27. The molecule has 1 amide bonds. The number of aryl methyl sites for hydroxylation is 1. The van der Waals surface area contributed by atoms with E-state index < -0.39 is 0 Å². The van der Waals surface area contributed by atoms with E-state index in [1.165, 1.54) is 12.1 Å². The molecule has 2 aromatic heterocycles. The summed E-state index contributed by atoms with van der Waals surface area (Å²) in [6.45, 7) is 4.30. The molecular formula is C25H22FNO3S. The summed E-state index contributed by atoms with van der Waals surface area (Å²) in [5, 5.41) is 5.78. The van der Waals surface area contributed by atoms with Crippen LogP contribution in [0.5, 0.6) is 5.75 Å². The molecule has 1 N–H and O–H groups in total. The normalized spacial score (nSPS) is 11.7. The SMILES string of the molecule is COc1c(/C(C)=C/C(=O)NCc2cccs2)cc2c(-c3ccc(F)cc3)coc2c1C. The van der Waals surface area contributed by atoms with Crippen LogP contribution >= 0.6 is 11.3 Å². The number of hydrogen-bond acceptors (Lipinski definition) is 4. The molecule has 0 bridgehead atoms. The number of fused-ring (bicyclic) bond motifs is 1. The lowest BCUT2D eigenvalue weighted by Crippen LogP contribution is -2.20. The fraction of sp³-hybridized carbons (Fsp3) is 0.160. The molecule has 0 atom stereocenters. The van der Waals surface area contributed by atoms with Gasteiger partial charge in [0.05, 0.1) is 19.9 Å². The van der Waals surface area contributed by atoms with Crippen molar-refractivity contribution in [2.45, 2.75) is 20.4 Å². The number of hydrogen-bond donors (Lipinski definition) is 1. The van der Waals surface area contributed by atoms with Crippen molar-refractivity contribution in [3.63, 3.8) is 0 Å². The summed E-state index contributed by atoms with van der Waals surface area (Å²) in [4.78, 5) is 13.6. The summed E-state index contributed by atoms with van der Waals surface area (Å²) < 4.78 is 24.9. The summed E-state index contributed by atoms with van der Waals surface area (Å²) in [6, 6.07) is 12.2. The Morgan fingerprint density at radius 3 is 2.71 bits per heavy atom. The molecule has 0 aliphatic carbocycles. The zero-order valence-corrected chi connectivity index (χ0v) is 18.3. The maximum absolute atomic E-state index is 13.4. The van der Waals surface area contributed by atoms with E-state index in [1.54, 1.807) is 42.9 Å². The van der Waals surface area contributed by atoms with Crippen molar-refractivity contribution in [1.82, 2.24) is 5.32 Å². The summed E-state index contributed by atoms with van der Waals surface area (Å²) in [7, 11) is 1.60. The molecule has 0 fully saturated rings. The average molecular weight is 436 g/mol. The zero-order valence-electron chi connectivity index (χ0n) is 17.5. The third kappa shape index (κ3) is 4.25.